The van der Waals surface area contributed by atoms with Crippen LogP contribution in [0.2, 0.25) is 10.0 Å². The summed E-state index contributed by atoms with van der Waals surface area (Å²) in [7, 11) is -3.77. The predicted molar refractivity (Wildman–Crippen MR) is 82.4 cm³/mol. The van der Waals surface area contributed by atoms with Gasteiger partial charge in [0.25, 0.3) is 0 Å². The van der Waals surface area contributed by atoms with E-state index in [0.29, 0.717) is 0 Å². The van der Waals surface area contributed by atoms with Gasteiger partial charge in [0.15, 0.2) is 0 Å². The van der Waals surface area contributed by atoms with E-state index in [1.165, 1.54) is 22.5 Å². The largest absolute Gasteiger partial charge is 0.481 e. The number of halogens is 2. The van der Waals surface area contributed by atoms with E-state index in [1.54, 1.807) is 13.8 Å². The fourth-order valence-corrected chi connectivity index (χ4v) is 4.26. The van der Waals surface area contributed by atoms with Gasteiger partial charge in [-0.25, -0.2) is 8.42 Å². The van der Waals surface area contributed by atoms with Crippen LogP contribution in [0.15, 0.2) is 23.1 Å². The van der Waals surface area contributed by atoms with Gasteiger partial charge in [-0.15, -0.1) is 0 Å². The molecule has 0 saturated carbocycles. The van der Waals surface area contributed by atoms with Gasteiger partial charge in [0.05, 0.1) is 4.90 Å². The van der Waals surface area contributed by atoms with Crippen LogP contribution in [0.4, 0.5) is 0 Å². The van der Waals surface area contributed by atoms with Crippen molar-refractivity contribution >= 4 is 39.2 Å². The van der Waals surface area contributed by atoms with Gasteiger partial charge < -0.3 is 5.11 Å². The lowest BCUT2D eigenvalue weighted by Crippen LogP contribution is -2.37. The molecule has 1 aromatic carbocycles. The second kappa shape index (κ2) is 7.45. The molecule has 0 atom stereocenters. The summed E-state index contributed by atoms with van der Waals surface area (Å²) in [5.74, 6) is -0.957. The number of sulfonamides is 1. The Hall–Kier alpha value is -0.820. The lowest BCUT2D eigenvalue weighted by Gasteiger charge is -2.26. The number of hydrogen-bond donors (Lipinski definition) is 1. The Labute approximate surface area is 134 Å². The average Bonchev–Trinajstić information content (AvgIpc) is 2.32. The standard InChI is InChI=1S/C13H17Cl2NO4S/c1-9(2)16(5-3-4-13(17)18)21(19,20)12-7-10(14)6-11(15)8-12/h6-9H,3-5H2,1-2H3,(H,17,18). The lowest BCUT2D eigenvalue weighted by molar-refractivity contribution is -0.137. The average molecular weight is 354 g/mol. The minimum Gasteiger partial charge on any atom is -0.481 e. The third-order valence-electron chi connectivity index (χ3n) is 2.79. The van der Waals surface area contributed by atoms with Crippen LogP contribution >= 0.6 is 23.2 Å². The summed E-state index contributed by atoms with van der Waals surface area (Å²) in [6.45, 7) is 3.57. The van der Waals surface area contributed by atoms with E-state index in [9.17, 15) is 13.2 Å². The summed E-state index contributed by atoms with van der Waals surface area (Å²) in [5, 5.41) is 9.12. The number of benzene rings is 1. The van der Waals surface area contributed by atoms with Crippen molar-refractivity contribution in [1.82, 2.24) is 4.31 Å². The fraction of sp³-hybridized carbons (Fsp3) is 0.462. The van der Waals surface area contributed by atoms with Crippen LogP contribution in [0.1, 0.15) is 26.7 Å². The number of nitrogens with zero attached hydrogens (tertiary/aromatic N) is 1. The van der Waals surface area contributed by atoms with Crippen LogP contribution in [-0.2, 0) is 14.8 Å². The fourth-order valence-electron chi connectivity index (χ4n) is 1.85. The zero-order chi connectivity index (χ0) is 16.2. The molecule has 21 heavy (non-hydrogen) atoms. The van der Waals surface area contributed by atoms with Crippen LogP contribution in [0.25, 0.3) is 0 Å². The molecule has 0 heterocycles. The smallest absolute Gasteiger partial charge is 0.303 e. The van der Waals surface area contributed by atoms with Crippen molar-refractivity contribution in [2.24, 2.45) is 0 Å². The van der Waals surface area contributed by atoms with E-state index in [2.05, 4.69) is 0 Å². The molecular weight excluding hydrogens is 337 g/mol. The highest BCUT2D eigenvalue weighted by molar-refractivity contribution is 7.89. The van der Waals surface area contributed by atoms with Gasteiger partial charge in [0.2, 0.25) is 10.0 Å². The quantitative estimate of drug-likeness (QED) is 0.816. The van der Waals surface area contributed by atoms with Crippen LogP contribution in [-0.4, -0.2) is 36.4 Å². The van der Waals surface area contributed by atoms with Crippen molar-refractivity contribution in [2.45, 2.75) is 37.6 Å². The van der Waals surface area contributed by atoms with Crippen molar-refractivity contribution in [3.8, 4) is 0 Å². The first-order chi connectivity index (χ1) is 9.64. The molecule has 0 aromatic heterocycles. The van der Waals surface area contributed by atoms with Crippen molar-refractivity contribution in [2.75, 3.05) is 6.54 Å². The number of carboxylic acid groups (broad SMARTS) is 1. The summed E-state index contributed by atoms with van der Waals surface area (Å²) >= 11 is 11.7. The second-order valence-electron chi connectivity index (χ2n) is 4.81. The van der Waals surface area contributed by atoms with Crippen LogP contribution < -0.4 is 0 Å². The number of carbonyl (C=O) groups is 1. The Balaban J connectivity index is 3.07. The first-order valence-electron chi connectivity index (χ1n) is 6.34. The predicted octanol–water partition coefficient (Wildman–Crippen LogP) is 3.26. The molecule has 118 valence electrons. The molecule has 1 rings (SSSR count). The Kier molecular flexibility index (Phi) is 6.46. The minimum absolute atomic E-state index is 0.00373. The van der Waals surface area contributed by atoms with Crippen LogP contribution in [0.5, 0.6) is 0 Å². The molecule has 0 aliphatic carbocycles. The summed E-state index contributed by atoms with van der Waals surface area (Å²) in [5.41, 5.74) is 0. The minimum atomic E-state index is -3.77. The summed E-state index contributed by atoms with van der Waals surface area (Å²) in [6, 6.07) is 3.80. The maximum absolute atomic E-state index is 12.6. The van der Waals surface area contributed by atoms with E-state index in [1.807, 2.05) is 0 Å². The maximum Gasteiger partial charge on any atom is 0.303 e. The topological polar surface area (TPSA) is 74.7 Å². The van der Waals surface area contributed by atoms with Gasteiger partial charge in [0.1, 0.15) is 0 Å². The Morgan fingerprint density at radius 2 is 1.76 bits per heavy atom. The molecule has 0 fully saturated rings. The molecule has 5 nitrogen and oxygen atoms in total. The van der Waals surface area contributed by atoms with Crippen LogP contribution in [0, 0.1) is 0 Å². The highest BCUT2D eigenvalue weighted by Crippen LogP contribution is 2.26. The van der Waals surface area contributed by atoms with Crippen molar-refractivity contribution in [1.29, 1.82) is 0 Å². The molecule has 0 aliphatic rings. The number of carboxylic acids is 1. The lowest BCUT2D eigenvalue weighted by atomic mass is 10.3. The SMILES string of the molecule is CC(C)N(CCCC(=O)O)S(=O)(=O)c1cc(Cl)cc(Cl)c1. The van der Waals surface area contributed by atoms with E-state index in [4.69, 9.17) is 28.3 Å². The Morgan fingerprint density at radius 3 is 2.19 bits per heavy atom. The maximum atomic E-state index is 12.6. The molecule has 8 heteroatoms. The van der Waals surface area contributed by atoms with E-state index in [0.717, 1.165) is 0 Å². The van der Waals surface area contributed by atoms with Crippen molar-refractivity contribution in [3.63, 3.8) is 0 Å². The Morgan fingerprint density at radius 1 is 1.24 bits per heavy atom. The number of aliphatic carboxylic acids is 1. The molecule has 0 saturated heterocycles. The molecule has 1 aromatic rings. The van der Waals surface area contributed by atoms with E-state index >= 15 is 0 Å². The molecule has 0 aliphatic heterocycles. The van der Waals surface area contributed by atoms with Crippen molar-refractivity contribution < 1.29 is 18.3 Å². The molecule has 0 bridgehead atoms. The number of rotatable bonds is 7. The first kappa shape index (κ1) is 18.2. The third kappa shape index (κ3) is 5.14. The molecule has 0 radical (unpaired) electrons. The monoisotopic (exact) mass is 353 g/mol. The summed E-state index contributed by atoms with van der Waals surface area (Å²) in [6.07, 6.45) is 0.149. The van der Waals surface area contributed by atoms with Gasteiger partial charge in [-0.1, -0.05) is 23.2 Å². The normalized spacial score (nSPS) is 12.1. The van der Waals surface area contributed by atoms with E-state index in [-0.39, 0.29) is 40.4 Å². The van der Waals surface area contributed by atoms with Gasteiger partial charge in [0, 0.05) is 29.1 Å². The van der Waals surface area contributed by atoms with Gasteiger partial charge in [-0.05, 0) is 38.5 Å². The molecule has 1 N–H and O–H groups in total. The zero-order valence-electron chi connectivity index (χ0n) is 11.7. The number of hydrogen-bond acceptors (Lipinski definition) is 3. The van der Waals surface area contributed by atoms with Crippen molar-refractivity contribution in [3.05, 3.63) is 28.2 Å². The molecule has 0 spiro atoms. The third-order valence-corrected chi connectivity index (χ3v) is 5.28. The molecular formula is C13H17Cl2NO4S. The molecule has 0 unspecified atom stereocenters. The Bertz CT molecular complexity index is 596. The summed E-state index contributed by atoms with van der Waals surface area (Å²) in [4.78, 5) is 10.6. The summed E-state index contributed by atoms with van der Waals surface area (Å²) < 4.78 is 26.5. The second-order valence-corrected chi connectivity index (χ2v) is 7.58. The van der Waals surface area contributed by atoms with Gasteiger partial charge in [-0.3, -0.25) is 4.79 Å². The highest BCUT2D eigenvalue weighted by Gasteiger charge is 2.27. The zero-order valence-corrected chi connectivity index (χ0v) is 14.0. The van der Waals surface area contributed by atoms with Crippen LogP contribution in [0.3, 0.4) is 0 Å². The first-order valence-corrected chi connectivity index (χ1v) is 8.54. The van der Waals surface area contributed by atoms with Gasteiger partial charge >= 0.3 is 5.97 Å². The molecule has 0 amide bonds. The van der Waals surface area contributed by atoms with Gasteiger partial charge in [-0.2, -0.15) is 4.31 Å². The van der Waals surface area contributed by atoms with E-state index < -0.39 is 16.0 Å². The highest BCUT2D eigenvalue weighted by atomic mass is 35.5.